The summed E-state index contributed by atoms with van der Waals surface area (Å²) in [5.74, 6) is 0.518. The zero-order valence-electron chi connectivity index (χ0n) is 10.7. The molecule has 0 radical (unpaired) electrons. The van der Waals surface area contributed by atoms with Gasteiger partial charge in [0.15, 0.2) is 0 Å². The minimum Gasteiger partial charge on any atom is -0.495 e. The molecular formula is C13H11Cl2N3O. The predicted octanol–water partition coefficient (Wildman–Crippen LogP) is 3.58. The number of aromatic nitrogens is 2. The van der Waals surface area contributed by atoms with Crippen LogP contribution in [0, 0.1) is 18.3 Å². The third-order valence-corrected chi connectivity index (χ3v) is 3.49. The fourth-order valence-corrected chi connectivity index (χ4v) is 2.46. The number of hydrogen-bond donors (Lipinski definition) is 0. The molecule has 19 heavy (non-hydrogen) atoms. The van der Waals surface area contributed by atoms with E-state index in [0.717, 1.165) is 5.56 Å². The summed E-state index contributed by atoms with van der Waals surface area (Å²) in [4.78, 5) is 0. The maximum atomic E-state index is 9.08. The number of rotatable bonds is 2. The Bertz CT molecular complexity index is 686. The van der Waals surface area contributed by atoms with Crippen molar-refractivity contribution in [3.63, 3.8) is 0 Å². The number of hydrogen-bond acceptors (Lipinski definition) is 3. The molecule has 1 heterocycles. The molecule has 0 aliphatic carbocycles. The number of nitriles is 1. The van der Waals surface area contributed by atoms with Crippen molar-refractivity contribution < 1.29 is 4.74 Å². The van der Waals surface area contributed by atoms with Gasteiger partial charge in [-0.2, -0.15) is 10.4 Å². The molecule has 0 N–H and O–H groups in total. The molecule has 0 amide bonds. The van der Waals surface area contributed by atoms with Crippen molar-refractivity contribution in [1.29, 1.82) is 5.26 Å². The topological polar surface area (TPSA) is 50.8 Å². The molecular weight excluding hydrogens is 285 g/mol. The fourth-order valence-electron chi connectivity index (χ4n) is 1.91. The summed E-state index contributed by atoms with van der Waals surface area (Å²) in [6.45, 7) is 1.83. The quantitative estimate of drug-likeness (QED) is 0.851. The van der Waals surface area contributed by atoms with Crippen molar-refractivity contribution in [1.82, 2.24) is 9.78 Å². The Kier molecular flexibility index (Phi) is 3.70. The Labute approximate surface area is 121 Å². The van der Waals surface area contributed by atoms with Crippen molar-refractivity contribution >= 4 is 23.2 Å². The van der Waals surface area contributed by atoms with Gasteiger partial charge in [-0.1, -0.05) is 23.2 Å². The van der Waals surface area contributed by atoms with Gasteiger partial charge in [-0.05, 0) is 19.1 Å². The first-order valence-corrected chi connectivity index (χ1v) is 6.22. The zero-order valence-corrected chi connectivity index (χ0v) is 12.2. The van der Waals surface area contributed by atoms with Crippen LogP contribution < -0.4 is 4.74 Å². The zero-order chi connectivity index (χ0) is 14.2. The predicted molar refractivity (Wildman–Crippen MR) is 74.7 cm³/mol. The van der Waals surface area contributed by atoms with Crippen LogP contribution in [0.15, 0.2) is 12.1 Å². The van der Waals surface area contributed by atoms with Crippen LogP contribution in [-0.4, -0.2) is 16.9 Å². The highest BCUT2D eigenvalue weighted by Crippen LogP contribution is 2.37. The molecule has 0 unspecified atom stereocenters. The molecule has 0 spiro atoms. The normalized spacial score (nSPS) is 10.3. The molecule has 6 heteroatoms. The van der Waals surface area contributed by atoms with Crippen LogP contribution in [0.4, 0.5) is 0 Å². The van der Waals surface area contributed by atoms with E-state index in [1.165, 1.54) is 11.8 Å². The van der Waals surface area contributed by atoms with Crippen LogP contribution in [0.5, 0.6) is 5.75 Å². The van der Waals surface area contributed by atoms with E-state index in [1.54, 1.807) is 19.2 Å². The largest absolute Gasteiger partial charge is 0.495 e. The van der Waals surface area contributed by atoms with Crippen molar-refractivity contribution in [2.75, 3.05) is 7.11 Å². The van der Waals surface area contributed by atoms with Gasteiger partial charge in [0.25, 0.3) is 0 Å². The SMILES string of the molecule is COc1cc(-c2nn(C)c(C#N)c2C)c(Cl)cc1Cl. The van der Waals surface area contributed by atoms with E-state index in [2.05, 4.69) is 11.2 Å². The van der Waals surface area contributed by atoms with E-state index in [-0.39, 0.29) is 0 Å². The van der Waals surface area contributed by atoms with E-state index in [4.69, 9.17) is 33.2 Å². The second kappa shape index (κ2) is 5.12. The summed E-state index contributed by atoms with van der Waals surface area (Å²) < 4.78 is 6.71. The summed E-state index contributed by atoms with van der Waals surface area (Å²) in [5.41, 5.74) is 2.62. The first-order valence-electron chi connectivity index (χ1n) is 5.46. The Morgan fingerprint density at radius 3 is 2.53 bits per heavy atom. The van der Waals surface area contributed by atoms with Gasteiger partial charge in [0.2, 0.25) is 0 Å². The molecule has 0 atom stereocenters. The molecule has 2 aromatic rings. The van der Waals surface area contributed by atoms with Crippen molar-refractivity contribution in [2.45, 2.75) is 6.92 Å². The van der Waals surface area contributed by atoms with Gasteiger partial charge < -0.3 is 4.74 Å². The van der Waals surface area contributed by atoms with Crippen LogP contribution >= 0.6 is 23.2 Å². The monoisotopic (exact) mass is 295 g/mol. The van der Waals surface area contributed by atoms with Crippen LogP contribution in [-0.2, 0) is 7.05 Å². The van der Waals surface area contributed by atoms with E-state index in [0.29, 0.717) is 32.7 Å². The van der Waals surface area contributed by atoms with E-state index >= 15 is 0 Å². The Morgan fingerprint density at radius 1 is 1.32 bits per heavy atom. The lowest BCUT2D eigenvalue weighted by Gasteiger charge is -2.08. The number of halogens is 2. The number of nitrogens with zero attached hydrogens (tertiary/aromatic N) is 3. The average Bonchev–Trinajstić information content (AvgIpc) is 2.64. The highest BCUT2D eigenvalue weighted by molar-refractivity contribution is 6.37. The summed E-state index contributed by atoms with van der Waals surface area (Å²) in [6, 6.07) is 5.45. The Hall–Kier alpha value is -1.70. The lowest BCUT2D eigenvalue weighted by molar-refractivity contribution is 0.415. The molecule has 0 bridgehead atoms. The number of methoxy groups -OCH3 is 1. The average molecular weight is 296 g/mol. The lowest BCUT2D eigenvalue weighted by atomic mass is 10.1. The molecule has 98 valence electrons. The second-order valence-electron chi connectivity index (χ2n) is 4.02. The van der Waals surface area contributed by atoms with Gasteiger partial charge in [0.05, 0.1) is 22.8 Å². The lowest BCUT2D eigenvalue weighted by Crippen LogP contribution is -1.94. The molecule has 0 aliphatic rings. The van der Waals surface area contributed by atoms with Gasteiger partial charge >= 0.3 is 0 Å². The van der Waals surface area contributed by atoms with Gasteiger partial charge in [0, 0.05) is 18.2 Å². The molecule has 2 rings (SSSR count). The number of ether oxygens (including phenoxy) is 1. The summed E-state index contributed by atoms with van der Waals surface area (Å²) in [6.07, 6.45) is 0. The first kappa shape index (κ1) is 13.7. The van der Waals surface area contributed by atoms with Gasteiger partial charge in [-0.15, -0.1) is 0 Å². The third-order valence-electron chi connectivity index (χ3n) is 2.89. The summed E-state index contributed by atoms with van der Waals surface area (Å²) in [5, 5.41) is 14.3. The molecule has 0 saturated heterocycles. The van der Waals surface area contributed by atoms with E-state index in [9.17, 15) is 0 Å². The number of benzene rings is 1. The molecule has 4 nitrogen and oxygen atoms in total. The first-order chi connectivity index (χ1) is 8.99. The van der Waals surface area contributed by atoms with Crippen molar-refractivity contribution in [3.05, 3.63) is 33.4 Å². The van der Waals surface area contributed by atoms with Gasteiger partial charge in [0.1, 0.15) is 17.5 Å². The summed E-state index contributed by atoms with van der Waals surface area (Å²) in [7, 11) is 3.25. The van der Waals surface area contributed by atoms with Crippen LogP contribution in [0.25, 0.3) is 11.3 Å². The highest BCUT2D eigenvalue weighted by atomic mass is 35.5. The Morgan fingerprint density at radius 2 is 2.00 bits per heavy atom. The smallest absolute Gasteiger partial charge is 0.141 e. The highest BCUT2D eigenvalue weighted by Gasteiger charge is 2.18. The molecule has 0 fully saturated rings. The second-order valence-corrected chi connectivity index (χ2v) is 4.84. The molecule has 0 aliphatic heterocycles. The maximum Gasteiger partial charge on any atom is 0.141 e. The maximum absolute atomic E-state index is 9.08. The number of aryl methyl sites for hydroxylation is 1. The van der Waals surface area contributed by atoms with Crippen LogP contribution in [0.3, 0.4) is 0 Å². The fraction of sp³-hybridized carbons (Fsp3) is 0.231. The van der Waals surface area contributed by atoms with Crippen LogP contribution in [0.1, 0.15) is 11.3 Å². The molecule has 0 saturated carbocycles. The van der Waals surface area contributed by atoms with E-state index < -0.39 is 0 Å². The van der Waals surface area contributed by atoms with Gasteiger partial charge in [-0.25, -0.2) is 0 Å². The Balaban J connectivity index is 2.69. The molecule has 1 aromatic carbocycles. The molecule has 1 aromatic heterocycles. The minimum absolute atomic E-state index is 0.436. The van der Waals surface area contributed by atoms with Crippen molar-refractivity contribution in [2.24, 2.45) is 7.05 Å². The van der Waals surface area contributed by atoms with Crippen LogP contribution in [0.2, 0.25) is 10.0 Å². The standard InChI is InChI=1S/C13H11Cl2N3O/c1-7-11(6-16)18(2)17-13(7)8-4-12(19-3)10(15)5-9(8)14/h4-5H,1-3H3. The minimum atomic E-state index is 0.436. The van der Waals surface area contributed by atoms with Crippen molar-refractivity contribution in [3.8, 4) is 23.1 Å². The summed E-state index contributed by atoms with van der Waals surface area (Å²) >= 11 is 12.2. The third kappa shape index (κ3) is 2.27. The van der Waals surface area contributed by atoms with E-state index in [1.807, 2.05) is 6.92 Å². The van der Waals surface area contributed by atoms with Gasteiger partial charge in [-0.3, -0.25) is 4.68 Å².